The summed E-state index contributed by atoms with van der Waals surface area (Å²) in [5, 5.41) is 16.1. The Labute approximate surface area is 150 Å². The Morgan fingerprint density at radius 2 is 1.80 bits per heavy atom. The highest BCUT2D eigenvalue weighted by Crippen LogP contribution is 2.25. The first kappa shape index (κ1) is 18.3. The number of benzene rings is 2. The zero-order valence-corrected chi connectivity index (χ0v) is 14.6. The molecule has 0 heterocycles. The maximum atomic E-state index is 11.9. The number of anilines is 1. The van der Waals surface area contributed by atoms with E-state index < -0.39 is 10.8 Å². The number of thiocarbonyl (C=S) groups is 1. The van der Waals surface area contributed by atoms with Gasteiger partial charge in [-0.2, -0.15) is 0 Å². The van der Waals surface area contributed by atoms with E-state index in [1.807, 2.05) is 19.1 Å². The lowest BCUT2D eigenvalue weighted by atomic mass is 10.2. The van der Waals surface area contributed by atoms with Gasteiger partial charge in [-0.3, -0.25) is 20.2 Å². The van der Waals surface area contributed by atoms with Crippen molar-refractivity contribution in [2.45, 2.75) is 13.8 Å². The third-order valence-electron chi connectivity index (χ3n) is 3.24. The second-order valence-corrected chi connectivity index (χ2v) is 5.79. The number of carbonyl (C=O) groups excluding carboxylic acids is 1. The van der Waals surface area contributed by atoms with Crippen LogP contribution in [0.4, 0.5) is 11.4 Å². The van der Waals surface area contributed by atoms with Gasteiger partial charge in [-0.15, -0.1) is 0 Å². The van der Waals surface area contributed by atoms with Crippen LogP contribution in [0.5, 0.6) is 5.75 Å². The number of nitro benzene ring substituents is 1. The molecule has 7 nitrogen and oxygen atoms in total. The largest absolute Gasteiger partial charge is 0.484 e. The van der Waals surface area contributed by atoms with E-state index in [1.54, 1.807) is 25.1 Å². The first-order valence-electron chi connectivity index (χ1n) is 7.40. The normalized spacial score (nSPS) is 10.0. The van der Waals surface area contributed by atoms with E-state index in [2.05, 4.69) is 10.6 Å². The van der Waals surface area contributed by atoms with Gasteiger partial charge in [0.15, 0.2) is 11.7 Å². The van der Waals surface area contributed by atoms with Gasteiger partial charge in [-0.05, 0) is 49.8 Å². The average molecular weight is 359 g/mol. The minimum Gasteiger partial charge on any atom is -0.484 e. The SMILES string of the molecule is Cc1ccc(OCC(=O)NC(=S)Nc2ccc(C)cc2[N+](=O)[O-])cc1. The minimum atomic E-state index is -0.514. The van der Waals surface area contributed by atoms with Crippen molar-refractivity contribution < 1.29 is 14.5 Å². The maximum Gasteiger partial charge on any atom is 0.292 e. The van der Waals surface area contributed by atoms with Gasteiger partial charge in [0.2, 0.25) is 0 Å². The number of rotatable bonds is 5. The predicted molar refractivity (Wildman–Crippen MR) is 98.9 cm³/mol. The highest BCUT2D eigenvalue weighted by Gasteiger charge is 2.15. The van der Waals surface area contributed by atoms with Crippen molar-refractivity contribution in [2.24, 2.45) is 0 Å². The molecule has 0 aromatic heterocycles. The summed E-state index contributed by atoms with van der Waals surface area (Å²) in [5.74, 6) is 0.0987. The quantitative estimate of drug-likeness (QED) is 0.484. The molecule has 1 amide bonds. The summed E-state index contributed by atoms with van der Waals surface area (Å²) < 4.78 is 5.34. The number of aryl methyl sites for hydroxylation is 2. The number of amides is 1. The van der Waals surface area contributed by atoms with Gasteiger partial charge in [0.05, 0.1) is 4.92 Å². The van der Waals surface area contributed by atoms with Gasteiger partial charge >= 0.3 is 0 Å². The Bertz CT molecular complexity index is 806. The third-order valence-corrected chi connectivity index (χ3v) is 3.45. The molecule has 0 spiro atoms. The summed E-state index contributed by atoms with van der Waals surface area (Å²) in [4.78, 5) is 22.4. The van der Waals surface area contributed by atoms with Crippen LogP contribution in [0.1, 0.15) is 11.1 Å². The number of nitrogens with one attached hydrogen (secondary N) is 2. The van der Waals surface area contributed by atoms with Gasteiger partial charge in [0.1, 0.15) is 11.4 Å². The molecular formula is C17H17N3O4S. The average Bonchev–Trinajstić information content (AvgIpc) is 2.55. The molecule has 130 valence electrons. The van der Waals surface area contributed by atoms with Gasteiger partial charge in [-0.25, -0.2) is 0 Å². The molecule has 25 heavy (non-hydrogen) atoms. The summed E-state index contributed by atoms with van der Waals surface area (Å²) in [7, 11) is 0. The molecule has 2 aromatic carbocycles. The van der Waals surface area contributed by atoms with Crippen LogP contribution >= 0.6 is 12.2 Å². The number of hydrogen-bond acceptors (Lipinski definition) is 5. The molecule has 2 rings (SSSR count). The molecule has 0 aliphatic carbocycles. The standard InChI is InChI=1S/C17H17N3O4S/c1-11-3-6-13(7-4-11)24-10-16(21)19-17(25)18-14-8-5-12(2)9-15(14)20(22)23/h3-9H,10H2,1-2H3,(H2,18,19,21,25). The smallest absolute Gasteiger partial charge is 0.292 e. The Morgan fingerprint density at radius 3 is 2.44 bits per heavy atom. The maximum absolute atomic E-state index is 11.9. The van der Waals surface area contributed by atoms with E-state index in [0.29, 0.717) is 5.75 Å². The minimum absolute atomic E-state index is 0.0375. The summed E-state index contributed by atoms with van der Waals surface area (Å²) >= 11 is 5.02. The van der Waals surface area contributed by atoms with Crippen molar-refractivity contribution in [1.82, 2.24) is 5.32 Å². The Hall–Kier alpha value is -3.00. The van der Waals surface area contributed by atoms with Crippen molar-refractivity contribution in [1.29, 1.82) is 0 Å². The van der Waals surface area contributed by atoms with Crippen LogP contribution < -0.4 is 15.4 Å². The van der Waals surface area contributed by atoms with Crippen LogP contribution in [0.15, 0.2) is 42.5 Å². The van der Waals surface area contributed by atoms with Crippen LogP contribution in [0, 0.1) is 24.0 Å². The highest BCUT2D eigenvalue weighted by molar-refractivity contribution is 7.80. The Balaban J connectivity index is 1.90. The van der Waals surface area contributed by atoms with E-state index in [-0.39, 0.29) is 23.1 Å². The molecule has 0 bridgehead atoms. The lowest BCUT2D eigenvalue weighted by Gasteiger charge is -2.11. The fourth-order valence-corrected chi connectivity index (χ4v) is 2.22. The van der Waals surface area contributed by atoms with Gasteiger partial charge in [0, 0.05) is 6.07 Å². The van der Waals surface area contributed by atoms with Crippen molar-refractivity contribution >= 4 is 34.6 Å². The lowest BCUT2D eigenvalue weighted by Crippen LogP contribution is -2.37. The number of ether oxygens (including phenoxy) is 1. The number of nitrogens with zero attached hydrogens (tertiary/aromatic N) is 1. The van der Waals surface area contributed by atoms with Crippen LogP contribution in [-0.4, -0.2) is 22.5 Å². The number of carbonyl (C=O) groups is 1. The van der Waals surface area contributed by atoms with E-state index >= 15 is 0 Å². The first-order valence-corrected chi connectivity index (χ1v) is 7.81. The molecule has 2 aromatic rings. The van der Waals surface area contributed by atoms with Gasteiger partial charge in [-0.1, -0.05) is 23.8 Å². The predicted octanol–water partition coefficient (Wildman–Crippen LogP) is 3.10. The Kier molecular flexibility index (Phi) is 6.02. The molecule has 0 aliphatic rings. The molecule has 0 aliphatic heterocycles. The zero-order valence-electron chi connectivity index (χ0n) is 13.7. The molecule has 0 radical (unpaired) electrons. The van der Waals surface area contributed by atoms with E-state index in [0.717, 1.165) is 11.1 Å². The topological polar surface area (TPSA) is 93.5 Å². The molecule has 0 fully saturated rings. The highest BCUT2D eigenvalue weighted by atomic mass is 32.1. The lowest BCUT2D eigenvalue weighted by molar-refractivity contribution is -0.383. The molecule has 8 heteroatoms. The van der Waals surface area contributed by atoms with Crippen LogP contribution in [-0.2, 0) is 4.79 Å². The van der Waals surface area contributed by atoms with E-state index in [4.69, 9.17) is 17.0 Å². The number of hydrogen-bond donors (Lipinski definition) is 2. The van der Waals surface area contributed by atoms with E-state index in [9.17, 15) is 14.9 Å². The monoisotopic (exact) mass is 359 g/mol. The van der Waals surface area contributed by atoms with Gasteiger partial charge < -0.3 is 10.1 Å². The van der Waals surface area contributed by atoms with Crippen molar-refractivity contribution in [3.63, 3.8) is 0 Å². The second kappa shape index (κ2) is 8.20. The van der Waals surface area contributed by atoms with Crippen molar-refractivity contribution in [3.8, 4) is 5.75 Å². The van der Waals surface area contributed by atoms with Crippen molar-refractivity contribution in [3.05, 3.63) is 63.7 Å². The second-order valence-electron chi connectivity index (χ2n) is 5.38. The van der Waals surface area contributed by atoms with Crippen molar-refractivity contribution in [2.75, 3.05) is 11.9 Å². The van der Waals surface area contributed by atoms with Crippen LogP contribution in [0.25, 0.3) is 0 Å². The summed E-state index contributed by atoms with van der Waals surface area (Å²) in [6.45, 7) is 3.48. The molecule has 0 saturated carbocycles. The van der Waals surface area contributed by atoms with Crippen LogP contribution in [0.2, 0.25) is 0 Å². The third kappa shape index (κ3) is 5.54. The fraction of sp³-hybridized carbons (Fsp3) is 0.176. The zero-order chi connectivity index (χ0) is 18.4. The summed E-state index contributed by atoms with van der Waals surface area (Å²) in [6, 6.07) is 11.9. The van der Waals surface area contributed by atoms with Crippen LogP contribution in [0.3, 0.4) is 0 Å². The van der Waals surface area contributed by atoms with Gasteiger partial charge in [0.25, 0.3) is 11.6 Å². The van der Waals surface area contributed by atoms with E-state index in [1.165, 1.54) is 12.1 Å². The number of nitro groups is 1. The molecule has 0 unspecified atom stereocenters. The fourth-order valence-electron chi connectivity index (χ4n) is 2.00. The molecule has 2 N–H and O–H groups in total. The first-order chi connectivity index (χ1) is 11.8. The molecule has 0 atom stereocenters. The molecular weight excluding hydrogens is 342 g/mol. The Morgan fingerprint density at radius 1 is 1.16 bits per heavy atom. The summed E-state index contributed by atoms with van der Waals surface area (Å²) in [5.41, 5.74) is 1.92. The summed E-state index contributed by atoms with van der Waals surface area (Å²) in [6.07, 6.45) is 0. The molecule has 0 saturated heterocycles.